The maximum absolute atomic E-state index is 11.8. The molecule has 0 bridgehead atoms. The Morgan fingerprint density at radius 3 is 2.59 bits per heavy atom. The molecule has 29 heavy (non-hydrogen) atoms. The standard InChI is InChI=1S/C21H21N5O3/c1-4-20(27)25-8-7-15(13-25)26-21(23)18(12-22)19(24-26)6-5-14-9-16(28-2)11-17(10-14)29-3/h4,9-11,15H,1,7-8,13,23H2,2-3H3/t15-/m0/s1. The van der Waals surface area contributed by atoms with Crippen LogP contribution in [-0.4, -0.2) is 47.9 Å². The number of ether oxygens (including phenoxy) is 2. The first-order valence-electron chi connectivity index (χ1n) is 8.95. The normalized spacial score (nSPS) is 15.2. The summed E-state index contributed by atoms with van der Waals surface area (Å²) in [4.78, 5) is 13.5. The highest BCUT2D eigenvalue weighted by atomic mass is 16.5. The van der Waals surface area contributed by atoms with Gasteiger partial charge in [0.1, 0.15) is 28.9 Å². The van der Waals surface area contributed by atoms with Crippen LogP contribution in [0.2, 0.25) is 0 Å². The monoisotopic (exact) mass is 391 g/mol. The van der Waals surface area contributed by atoms with Crippen LogP contribution in [0.1, 0.15) is 29.3 Å². The summed E-state index contributed by atoms with van der Waals surface area (Å²) in [5.74, 6) is 7.23. The van der Waals surface area contributed by atoms with Gasteiger partial charge in [-0.3, -0.25) is 4.79 Å². The van der Waals surface area contributed by atoms with Crippen LogP contribution in [0.4, 0.5) is 5.82 Å². The van der Waals surface area contributed by atoms with Crippen molar-refractivity contribution in [3.8, 4) is 29.4 Å². The molecule has 1 aliphatic rings. The molecule has 1 atom stereocenters. The van der Waals surface area contributed by atoms with Gasteiger partial charge < -0.3 is 20.1 Å². The molecule has 148 valence electrons. The zero-order valence-electron chi connectivity index (χ0n) is 16.3. The molecule has 1 fully saturated rings. The van der Waals surface area contributed by atoms with E-state index in [1.807, 2.05) is 0 Å². The number of amides is 1. The summed E-state index contributed by atoms with van der Waals surface area (Å²) in [5.41, 5.74) is 7.32. The predicted molar refractivity (Wildman–Crippen MR) is 107 cm³/mol. The number of aromatic nitrogens is 2. The fourth-order valence-electron chi connectivity index (χ4n) is 3.21. The van der Waals surface area contributed by atoms with Gasteiger partial charge in [0.2, 0.25) is 5.91 Å². The summed E-state index contributed by atoms with van der Waals surface area (Å²) in [6, 6.07) is 7.23. The number of methoxy groups -OCH3 is 2. The van der Waals surface area contributed by atoms with E-state index < -0.39 is 0 Å². The van der Waals surface area contributed by atoms with Crippen LogP contribution in [0.25, 0.3) is 0 Å². The summed E-state index contributed by atoms with van der Waals surface area (Å²) in [7, 11) is 3.12. The number of hydrogen-bond donors (Lipinski definition) is 1. The van der Waals surface area contributed by atoms with Crippen molar-refractivity contribution >= 4 is 11.7 Å². The Hall–Kier alpha value is -3.91. The van der Waals surface area contributed by atoms with Crippen molar-refractivity contribution in [2.24, 2.45) is 0 Å². The van der Waals surface area contributed by atoms with E-state index in [1.165, 1.54) is 6.08 Å². The molecule has 1 aromatic heterocycles. The van der Waals surface area contributed by atoms with Crippen molar-refractivity contribution in [2.45, 2.75) is 12.5 Å². The first kappa shape index (κ1) is 19.8. The number of likely N-dealkylation sites (tertiary alicyclic amines) is 1. The van der Waals surface area contributed by atoms with Gasteiger partial charge in [-0.2, -0.15) is 10.4 Å². The summed E-state index contributed by atoms with van der Waals surface area (Å²) >= 11 is 0. The third kappa shape index (κ3) is 4.02. The molecule has 1 amide bonds. The highest BCUT2D eigenvalue weighted by Gasteiger charge is 2.29. The molecule has 2 aromatic rings. The van der Waals surface area contributed by atoms with E-state index >= 15 is 0 Å². The van der Waals surface area contributed by atoms with Gasteiger partial charge in [-0.1, -0.05) is 12.5 Å². The van der Waals surface area contributed by atoms with Crippen LogP contribution in [0, 0.1) is 23.2 Å². The number of anilines is 1. The number of carbonyl (C=O) groups is 1. The average molecular weight is 391 g/mol. The molecule has 8 heteroatoms. The first-order valence-corrected chi connectivity index (χ1v) is 8.95. The molecule has 1 saturated heterocycles. The number of hydrogen-bond acceptors (Lipinski definition) is 6. The number of carbonyl (C=O) groups excluding carboxylic acids is 1. The molecule has 0 spiro atoms. The van der Waals surface area contributed by atoms with Crippen molar-refractivity contribution in [1.82, 2.24) is 14.7 Å². The minimum Gasteiger partial charge on any atom is -0.497 e. The summed E-state index contributed by atoms with van der Waals surface area (Å²) < 4.78 is 12.1. The lowest BCUT2D eigenvalue weighted by molar-refractivity contribution is -0.125. The van der Waals surface area contributed by atoms with E-state index in [9.17, 15) is 10.1 Å². The predicted octanol–water partition coefficient (Wildman–Crippen LogP) is 1.71. The first-order chi connectivity index (χ1) is 14.0. The molecule has 3 rings (SSSR count). The van der Waals surface area contributed by atoms with Crippen molar-refractivity contribution in [2.75, 3.05) is 33.0 Å². The number of rotatable bonds is 4. The number of nitrogens with zero attached hydrogens (tertiary/aromatic N) is 4. The number of nitrogen functional groups attached to an aromatic ring is 1. The van der Waals surface area contributed by atoms with Crippen LogP contribution >= 0.6 is 0 Å². The molecule has 0 aliphatic carbocycles. The van der Waals surface area contributed by atoms with E-state index in [4.69, 9.17) is 15.2 Å². The third-order valence-electron chi connectivity index (χ3n) is 4.73. The molecule has 1 aromatic carbocycles. The largest absolute Gasteiger partial charge is 0.497 e. The zero-order valence-corrected chi connectivity index (χ0v) is 16.3. The van der Waals surface area contributed by atoms with Crippen molar-refractivity contribution < 1.29 is 14.3 Å². The Balaban J connectivity index is 1.92. The van der Waals surface area contributed by atoms with E-state index in [2.05, 4.69) is 29.6 Å². The van der Waals surface area contributed by atoms with Crippen molar-refractivity contribution in [1.29, 1.82) is 5.26 Å². The van der Waals surface area contributed by atoms with Crippen LogP contribution in [0.15, 0.2) is 30.9 Å². The maximum Gasteiger partial charge on any atom is 0.246 e. The lowest BCUT2D eigenvalue weighted by Crippen LogP contribution is -2.27. The molecule has 2 heterocycles. The van der Waals surface area contributed by atoms with Gasteiger partial charge in [-0.05, 0) is 30.6 Å². The third-order valence-corrected chi connectivity index (χ3v) is 4.73. The van der Waals surface area contributed by atoms with E-state index in [0.717, 1.165) is 0 Å². The SMILES string of the molecule is C=CC(=O)N1CC[C@H](n2nc(C#Cc3cc(OC)cc(OC)c3)c(C#N)c2N)C1. The molecule has 2 N–H and O–H groups in total. The van der Waals surface area contributed by atoms with E-state index in [-0.39, 0.29) is 23.3 Å². The fraction of sp³-hybridized carbons (Fsp3) is 0.286. The Morgan fingerprint density at radius 2 is 2.00 bits per heavy atom. The summed E-state index contributed by atoms with van der Waals surface area (Å²) in [6.07, 6.45) is 1.98. The van der Waals surface area contributed by atoms with Crippen LogP contribution < -0.4 is 15.2 Å². The Labute approximate surface area is 169 Å². The minimum absolute atomic E-state index is 0.113. The minimum atomic E-state index is -0.134. The second kappa shape index (κ2) is 8.41. The number of nitriles is 1. The molecule has 0 saturated carbocycles. The van der Waals surface area contributed by atoms with Crippen LogP contribution in [0.3, 0.4) is 0 Å². The lowest BCUT2D eigenvalue weighted by atomic mass is 10.2. The Morgan fingerprint density at radius 1 is 1.31 bits per heavy atom. The molecule has 8 nitrogen and oxygen atoms in total. The van der Waals surface area contributed by atoms with Gasteiger partial charge in [0.05, 0.1) is 20.3 Å². The molecular weight excluding hydrogens is 370 g/mol. The van der Waals surface area contributed by atoms with Gasteiger partial charge in [-0.15, -0.1) is 0 Å². The average Bonchev–Trinajstić information content (AvgIpc) is 3.35. The van der Waals surface area contributed by atoms with Gasteiger partial charge in [0.15, 0.2) is 5.69 Å². The summed E-state index contributed by atoms with van der Waals surface area (Å²) in [6.45, 7) is 4.56. The zero-order chi connectivity index (χ0) is 21.0. The smallest absolute Gasteiger partial charge is 0.246 e. The highest BCUT2D eigenvalue weighted by Crippen LogP contribution is 2.27. The van der Waals surface area contributed by atoms with Crippen molar-refractivity contribution in [3.63, 3.8) is 0 Å². The lowest BCUT2D eigenvalue weighted by Gasteiger charge is -2.15. The topological polar surface area (TPSA) is 106 Å². The summed E-state index contributed by atoms with van der Waals surface area (Å²) in [5, 5.41) is 14.0. The van der Waals surface area contributed by atoms with E-state index in [1.54, 1.807) is 42.0 Å². The van der Waals surface area contributed by atoms with Gasteiger partial charge >= 0.3 is 0 Å². The van der Waals surface area contributed by atoms with Crippen LogP contribution in [0.5, 0.6) is 11.5 Å². The quantitative estimate of drug-likeness (QED) is 0.628. The van der Waals surface area contributed by atoms with Crippen LogP contribution in [-0.2, 0) is 4.79 Å². The second-order valence-electron chi connectivity index (χ2n) is 6.45. The van der Waals surface area contributed by atoms with Crippen molar-refractivity contribution in [3.05, 3.63) is 47.7 Å². The highest BCUT2D eigenvalue weighted by molar-refractivity contribution is 5.87. The van der Waals surface area contributed by atoms with E-state index in [0.29, 0.717) is 42.3 Å². The molecule has 0 unspecified atom stereocenters. The molecular formula is C21H21N5O3. The molecule has 1 aliphatic heterocycles. The number of nitrogens with two attached hydrogens (primary N) is 1. The van der Waals surface area contributed by atoms with Gasteiger partial charge in [0, 0.05) is 24.7 Å². The number of benzene rings is 1. The Kier molecular flexibility index (Phi) is 5.75. The second-order valence-corrected chi connectivity index (χ2v) is 6.45. The Bertz CT molecular complexity index is 1030. The van der Waals surface area contributed by atoms with Gasteiger partial charge in [0.25, 0.3) is 0 Å². The van der Waals surface area contributed by atoms with Gasteiger partial charge in [-0.25, -0.2) is 4.68 Å². The maximum atomic E-state index is 11.8. The fourth-order valence-corrected chi connectivity index (χ4v) is 3.21. The molecule has 0 radical (unpaired) electrons.